The van der Waals surface area contributed by atoms with E-state index in [1.54, 1.807) is 12.4 Å². The second-order valence-corrected chi connectivity index (χ2v) is 5.53. The molecule has 20 heavy (non-hydrogen) atoms. The number of aliphatic hydroxyl groups excluding tert-OH is 1. The molecule has 0 saturated heterocycles. The lowest BCUT2D eigenvalue weighted by molar-refractivity contribution is 0.0652. The SMILES string of the molecule is OC(Cc1ccncc1Cl)C1COc2ccccc2C1. The van der Waals surface area contributed by atoms with Crippen LogP contribution >= 0.6 is 11.6 Å². The third kappa shape index (κ3) is 2.79. The molecular formula is C16H16ClNO2. The molecule has 3 rings (SSSR count). The predicted octanol–water partition coefficient (Wildman–Crippen LogP) is 2.89. The fourth-order valence-corrected chi connectivity index (χ4v) is 2.76. The first-order chi connectivity index (χ1) is 9.74. The summed E-state index contributed by atoms with van der Waals surface area (Å²) in [6.07, 6.45) is 4.19. The van der Waals surface area contributed by atoms with Gasteiger partial charge in [-0.2, -0.15) is 0 Å². The van der Waals surface area contributed by atoms with Gasteiger partial charge in [-0.3, -0.25) is 4.98 Å². The lowest BCUT2D eigenvalue weighted by Gasteiger charge is -2.29. The number of pyridine rings is 1. The Morgan fingerprint density at radius 2 is 2.20 bits per heavy atom. The molecular weight excluding hydrogens is 274 g/mol. The molecule has 1 N–H and O–H groups in total. The number of ether oxygens (including phenoxy) is 1. The second-order valence-electron chi connectivity index (χ2n) is 5.12. The van der Waals surface area contributed by atoms with Crippen molar-refractivity contribution in [2.45, 2.75) is 18.9 Å². The molecule has 2 heterocycles. The molecule has 2 unspecified atom stereocenters. The number of aliphatic hydroxyl groups is 1. The number of aromatic nitrogens is 1. The molecule has 1 aliphatic rings. The van der Waals surface area contributed by atoms with Gasteiger partial charge in [-0.05, 0) is 29.7 Å². The number of fused-ring (bicyclic) bond motifs is 1. The maximum Gasteiger partial charge on any atom is 0.122 e. The molecule has 0 bridgehead atoms. The van der Waals surface area contributed by atoms with Crippen molar-refractivity contribution in [3.05, 3.63) is 58.9 Å². The first-order valence-electron chi connectivity index (χ1n) is 6.71. The minimum absolute atomic E-state index is 0.0918. The highest BCUT2D eigenvalue weighted by Gasteiger charge is 2.26. The van der Waals surface area contributed by atoms with Gasteiger partial charge < -0.3 is 9.84 Å². The van der Waals surface area contributed by atoms with Gasteiger partial charge in [0.15, 0.2) is 0 Å². The summed E-state index contributed by atoms with van der Waals surface area (Å²) >= 11 is 6.08. The van der Waals surface area contributed by atoms with Gasteiger partial charge in [-0.1, -0.05) is 29.8 Å². The highest BCUT2D eigenvalue weighted by molar-refractivity contribution is 6.31. The van der Waals surface area contributed by atoms with Crippen molar-refractivity contribution >= 4 is 11.6 Å². The zero-order valence-electron chi connectivity index (χ0n) is 11.0. The molecule has 1 aromatic heterocycles. The van der Waals surface area contributed by atoms with E-state index in [1.165, 1.54) is 0 Å². The van der Waals surface area contributed by atoms with E-state index >= 15 is 0 Å². The summed E-state index contributed by atoms with van der Waals surface area (Å²) in [6.45, 7) is 0.543. The van der Waals surface area contributed by atoms with Crippen LogP contribution in [0.5, 0.6) is 5.75 Å². The normalized spacial score (nSPS) is 19.0. The number of hydrogen-bond donors (Lipinski definition) is 1. The molecule has 0 fully saturated rings. The van der Waals surface area contributed by atoms with Crippen molar-refractivity contribution in [2.24, 2.45) is 5.92 Å². The van der Waals surface area contributed by atoms with E-state index in [9.17, 15) is 5.11 Å². The van der Waals surface area contributed by atoms with E-state index in [-0.39, 0.29) is 5.92 Å². The minimum Gasteiger partial charge on any atom is -0.493 e. The van der Waals surface area contributed by atoms with Gasteiger partial charge in [0.05, 0.1) is 17.7 Å². The Bertz CT molecular complexity index is 603. The average Bonchev–Trinajstić information content (AvgIpc) is 2.49. The van der Waals surface area contributed by atoms with Crippen molar-refractivity contribution in [3.8, 4) is 5.75 Å². The lowest BCUT2D eigenvalue weighted by atomic mass is 9.89. The number of hydrogen-bond acceptors (Lipinski definition) is 3. The van der Waals surface area contributed by atoms with Crippen LogP contribution in [0.4, 0.5) is 0 Å². The van der Waals surface area contributed by atoms with Crippen molar-refractivity contribution < 1.29 is 9.84 Å². The third-order valence-electron chi connectivity index (χ3n) is 3.74. The summed E-state index contributed by atoms with van der Waals surface area (Å²) in [6, 6.07) is 9.83. The molecule has 0 saturated carbocycles. The summed E-state index contributed by atoms with van der Waals surface area (Å²) in [5, 5.41) is 11.0. The molecule has 1 aliphatic heterocycles. The summed E-state index contributed by atoms with van der Waals surface area (Å²) in [5.41, 5.74) is 2.08. The van der Waals surface area contributed by atoms with Gasteiger partial charge in [0, 0.05) is 24.7 Å². The van der Waals surface area contributed by atoms with Gasteiger partial charge in [-0.25, -0.2) is 0 Å². The van der Waals surface area contributed by atoms with Crippen LogP contribution in [0, 0.1) is 5.92 Å². The average molecular weight is 290 g/mol. The van der Waals surface area contributed by atoms with Crippen molar-refractivity contribution in [1.82, 2.24) is 4.98 Å². The highest BCUT2D eigenvalue weighted by atomic mass is 35.5. The summed E-state index contributed by atoms with van der Waals surface area (Å²) in [4.78, 5) is 3.96. The topological polar surface area (TPSA) is 42.4 Å². The van der Waals surface area contributed by atoms with Gasteiger partial charge in [0.1, 0.15) is 5.75 Å². The molecule has 3 nitrogen and oxygen atoms in total. The highest BCUT2D eigenvalue weighted by Crippen LogP contribution is 2.29. The Morgan fingerprint density at radius 1 is 1.35 bits per heavy atom. The van der Waals surface area contributed by atoms with Crippen LogP contribution in [0.3, 0.4) is 0 Å². The number of halogens is 1. The van der Waals surface area contributed by atoms with Crippen molar-refractivity contribution in [2.75, 3.05) is 6.61 Å². The maximum atomic E-state index is 10.4. The van der Waals surface area contributed by atoms with Gasteiger partial charge >= 0.3 is 0 Å². The zero-order chi connectivity index (χ0) is 13.9. The van der Waals surface area contributed by atoms with Gasteiger partial charge in [-0.15, -0.1) is 0 Å². The van der Waals surface area contributed by atoms with E-state index in [4.69, 9.17) is 16.3 Å². The molecule has 0 amide bonds. The third-order valence-corrected chi connectivity index (χ3v) is 4.08. The first-order valence-corrected chi connectivity index (χ1v) is 7.09. The quantitative estimate of drug-likeness (QED) is 0.945. The monoisotopic (exact) mass is 289 g/mol. The number of rotatable bonds is 3. The molecule has 0 aliphatic carbocycles. The Labute approximate surface area is 123 Å². The molecule has 104 valence electrons. The predicted molar refractivity (Wildman–Crippen MR) is 78.1 cm³/mol. The Balaban J connectivity index is 1.70. The van der Waals surface area contributed by atoms with Gasteiger partial charge in [0.2, 0.25) is 0 Å². The van der Waals surface area contributed by atoms with E-state index < -0.39 is 6.10 Å². The van der Waals surface area contributed by atoms with E-state index in [1.807, 2.05) is 30.3 Å². The standard InChI is InChI=1S/C16H16ClNO2/c17-14-9-18-6-5-11(14)8-15(19)13-7-12-3-1-2-4-16(12)20-10-13/h1-6,9,13,15,19H,7-8,10H2. The summed E-state index contributed by atoms with van der Waals surface area (Å²) in [7, 11) is 0. The minimum atomic E-state index is -0.469. The number of nitrogens with zero attached hydrogens (tertiary/aromatic N) is 1. The van der Waals surface area contributed by atoms with Crippen LogP contribution in [0.2, 0.25) is 5.02 Å². The van der Waals surface area contributed by atoms with Crippen LogP contribution < -0.4 is 4.74 Å². The largest absolute Gasteiger partial charge is 0.493 e. The molecule has 1 aromatic carbocycles. The van der Waals surface area contributed by atoms with E-state index in [2.05, 4.69) is 4.98 Å². The maximum absolute atomic E-state index is 10.4. The van der Waals surface area contributed by atoms with Crippen LogP contribution in [-0.2, 0) is 12.8 Å². The molecule has 4 heteroatoms. The fourth-order valence-electron chi connectivity index (χ4n) is 2.56. The Morgan fingerprint density at radius 3 is 3.05 bits per heavy atom. The molecule has 0 spiro atoms. The fraction of sp³-hybridized carbons (Fsp3) is 0.312. The van der Waals surface area contributed by atoms with Crippen LogP contribution in [0.25, 0.3) is 0 Å². The van der Waals surface area contributed by atoms with E-state index in [0.29, 0.717) is 18.1 Å². The van der Waals surface area contributed by atoms with Crippen LogP contribution in [0.15, 0.2) is 42.7 Å². The van der Waals surface area contributed by atoms with Crippen molar-refractivity contribution in [1.29, 1.82) is 0 Å². The van der Waals surface area contributed by atoms with Crippen molar-refractivity contribution in [3.63, 3.8) is 0 Å². The van der Waals surface area contributed by atoms with Gasteiger partial charge in [0.25, 0.3) is 0 Å². The lowest BCUT2D eigenvalue weighted by Crippen LogP contribution is -2.33. The molecule has 2 aromatic rings. The summed E-state index contributed by atoms with van der Waals surface area (Å²) < 4.78 is 5.72. The number of para-hydroxylation sites is 1. The molecule has 2 atom stereocenters. The second kappa shape index (κ2) is 5.81. The van der Waals surface area contributed by atoms with Crippen LogP contribution in [-0.4, -0.2) is 22.8 Å². The number of benzene rings is 1. The molecule has 0 radical (unpaired) electrons. The smallest absolute Gasteiger partial charge is 0.122 e. The van der Waals surface area contributed by atoms with E-state index in [0.717, 1.165) is 23.3 Å². The van der Waals surface area contributed by atoms with Crippen LogP contribution in [0.1, 0.15) is 11.1 Å². The Kier molecular flexibility index (Phi) is 3.90. The summed E-state index contributed by atoms with van der Waals surface area (Å²) in [5.74, 6) is 1.02. The Hall–Kier alpha value is -1.58. The zero-order valence-corrected chi connectivity index (χ0v) is 11.8. The first kappa shape index (κ1) is 13.4.